The molecule has 4 N–H and O–H groups in total. The van der Waals surface area contributed by atoms with Crippen LogP contribution >= 0.6 is 0 Å². The van der Waals surface area contributed by atoms with Gasteiger partial charge in [0.15, 0.2) is 0 Å². The molecule has 0 radical (unpaired) electrons. The van der Waals surface area contributed by atoms with Crippen molar-refractivity contribution in [3.63, 3.8) is 0 Å². The zero-order valence-electron chi connectivity index (χ0n) is 9.76. The number of carbonyl (C=O) groups is 1. The van der Waals surface area contributed by atoms with Crippen molar-refractivity contribution in [1.82, 2.24) is 9.88 Å². The number of anilines is 1. The first-order chi connectivity index (χ1) is 8.10. The van der Waals surface area contributed by atoms with Crippen LogP contribution in [0, 0.1) is 6.92 Å². The summed E-state index contributed by atoms with van der Waals surface area (Å²) in [6, 6.07) is 1.61. The predicted octanol–water partition coefficient (Wildman–Crippen LogP) is -0.601. The van der Waals surface area contributed by atoms with Gasteiger partial charge in [0, 0.05) is 30.7 Å². The minimum absolute atomic E-state index is 0.159. The van der Waals surface area contributed by atoms with E-state index in [2.05, 4.69) is 4.98 Å². The first-order valence-corrected chi connectivity index (χ1v) is 5.33. The van der Waals surface area contributed by atoms with Crippen molar-refractivity contribution >= 4 is 11.6 Å². The highest BCUT2D eigenvalue weighted by Gasteiger charge is 2.17. The van der Waals surface area contributed by atoms with Crippen molar-refractivity contribution in [1.29, 1.82) is 0 Å². The predicted molar refractivity (Wildman–Crippen MR) is 63.5 cm³/mol. The molecule has 1 rings (SSSR count). The summed E-state index contributed by atoms with van der Waals surface area (Å²) in [5.74, 6) is -0.335. The average Bonchev–Trinajstić information content (AvgIpc) is 2.28. The Morgan fingerprint density at radius 2 is 2.00 bits per heavy atom. The van der Waals surface area contributed by atoms with Crippen LogP contribution in [0.2, 0.25) is 0 Å². The molecule has 17 heavy (non-hydrogen) atoms. The van der Waals surface area contributed by atoms with Gasteiger partial charge in [0.2, 0.25) is 0 Å². The molecule has 0 saturated heterocycles. The van der Waals surface area contributed by atoms with Gasteiger partial charge in [-0.25, -0.2) is 0 Å². The van der Waals surface area contributed by atoms with E-state index in [1.165, 1.54) is 11.1 Å². The summed E-state index contributed by atoms with van der Waals surface area (Å²) >= 11 is 0. The molecule has 0 aromatic carbocycles. The van der Waals surface area contributed by atoms with E-state index < -0.39 is 0 Å². The van der Waals surface area contributed by atoms with E-state index in [0.29, 0.717) is 5.69 Å². The Kier molecular flexibility index (Phi) is 4.86. The van der Waals surface area contributed by atoms with E-state index in [-0.39, 0.29) is 37.8 Å². The molecule has 1 aromatic rings. The fraction of sp³-hybridized carbons (Fsp3) is 0.455. The standard InChI is InChI=1S/C11H17N3O3/c1-8-6-10(12)9(7-13-8)11(17)14(2-4-15)3-5-16/h6-7,15-16H,2-5H2,1H3,(H2,12,13). The summed E-state index contributed by atoms with van der Waals surface area (Å²) in [4.78, 5) is 17.4. The molecule has 6 nitrogen and oxygen atoms in total. The zero-order chi connectivity index (χ0) is 12.8. The van der Waals surface area contributed by atoms with Crippen molar-refractivity contribution in [3.05, 3.63) is 23.5 Å². The summed E-state index contributed by atoms with van der Waals surface area (Å²) in [6.07, 6.45) is 1.41. The topological polar surface area (TPSA) is 99.7 Å². The molecule has 0 saturated carbocycles. The summed E-state index contributed by atoms with van der Waals surface area (Å²) in [7, 11) is 0. The molecule has 1 aromatic heterocycles. The number of pyridine rings is 1. The molecule has 94 valence electrons. The minimum Gasteiger partial charge on any atom is -0.398 e. The summed E-state index contributed by atoms with van der Waals surface area (Å²) in [6.45, 7) is 1.78. The largest absolute Gasteiger partial charge is 0.398 e. The number of nitrogens with two attached hydrogens (primary N) is 1. The molecule has 0 spiro atoms. The number of amides is 1. The molecule has 0 aliphatic carbocycles. The van der Waals surface area contributed by atoms with Gasteiger partial charge in [0.05, 0.1) is 18.8 Å². The molecular weight excluding hydrogens is 222 g/mol. The Balaban J connectivity index is 2.92. The molecule has 0 fully saturated rings. The third kappa shape index (κ3) is 3.40. The first kappa shape index (κ1) is 13.4. The van der Waals surface area contributed by atoms with Crippen LogP contribution in [-0.2, 0) is 0 Å². The van der Waals surface area contributed by atoms with E-state index in [1.807, 2.05) is 0 Å². The van der Waals surface area contributed by atoms with Crippen LogP contribution in [0.15, 0.2) is 12.3 Å². The molecule has 6 heteroatoms. The number of aliphatic hydroxyl groups excluding tert-OH is 2. The highest BCUT2D eigenvalue weighted by atomic mass is 16.3. The number of aromatic nitrogens is 1. The van der Waals surface area contributed by atoms with Crippen LogP contribution in [0.4, 0.5) is 5.69 Å². The summed E-state index contributed by atoms with van der Waals surface area (Å²) in [5, 5.41) is 17.7. The van der Waals surface area contributed by atoms with Crippen LogP contribution in [0.25, 0.3) is 0 Å². The molecule has 0 bridgehead atoms. The molecule has 0 unspecified atom stereocenters. The monoisotopic (exact) mass is 239 g/mol. The molecule has 0 aliphatic heterocycles. The summed E-state index contributed by atoms with van der Waals surface area (Å²) in [5.41, 5.74) is 7.11. The maximum Gasteiger partial charge on any atom is 0.257 e. The quantitative estimate of drug-likeness (QED) is 0.637. The number of hydrogen-bond acceptors (Lipinski definition) is 5. The molecule has 1 amide bonds. The Bertz CT molecular complexity index is 390. The van der Waals surface area contributed by atoms with Crippen LogP contribution in [0.5, 0.6) is 0 Å². The summed E-state index contributed by atoms with van der Waals surface area (Å²) < 4.78 is 0. The van der Waals surface area contributed by atoms with Gasteiger partial charge in [-0.2, -0.15) is 0 Å². The molecule has 0 atom stereocenters. The first-order valence-electron chi connectivity index (χ1n) is 5.33. The Morgan fingerprint density at radius 3 is 2.47 bits per heavy atom. The third-order valence-corrected chi connectivity index (χ3v) is 2.33. The van der Waals surface area contributed by atoms with E-state index in [0.717, 1.165) is 5.69 Å². The van der Waals surface area contributed by atoms with Crippen molar-refractivity contribution in [2.45, 2.75) is 6.92 Å². The van der Waals surface area contributed by atoms with Crippen LogP contribution in [0.3, 0.4) is 0 Å². The lowest BCUT2D eigenvalue weighted by Gasteiger charge is -2.21. The Labute approximate surface area is 99.7 Å². The number of hydrogen-bond donors (Lipinski definition) is 3. The number of nitrogen functional groups attached to an aromatic ring is 1. The van der Waals surface area contributed by atoms with Gasteiger partial charge in [-0.05, 0) is 13.0 Å². The van der Waals surface area contributed by atoms with Crippen LogP contribution in [0.1, 0.15) is 16.1 Å². The molecule has 0 aliphatic rings. The maximum absolute atomic E-state index is 12.0. The molecular formula is C11H17N3O3. The number of aliphatic hydroxyl groups is 2. The second-order valence-electron chi connectivity index (χ2n) is 3.65. The van der Waals surface area contributed by atoms with Gasteiger partial charge in [0.1, 0.15) is 0 Å². The lowest BCUT2D eigenvalue weighted by atomic mass is 10.2. The van der Waals surface area contributed by atoms with E-state index in [9.17, 15) is 4.79 Å². The van der Waals surface area contributed by atoms with Crippen LogP contribution in [-0.4, -0.2) is 52.3 Å². The van der Waals surface area contributed by atoms with Gasteiger partial charge in [-0.3, -0.25) is 9.78 Å². The van der Waals surface area contributed by atoms with Gasteiger partial charge in [0.25, 0.3) is 5.91 Å². The van der Waals surface area contributed by atoms with Crippen molar-refractivity contribution in [2.24, 2.45) is 0 Å². The average molecular weight is 239 g/mol. The number of aryl methyl sites for hydroxylation is 1. The van der Waals surface area contributed by atoms with E-state index in [1.54, 1.807) is 13.0 Å². The number of nitrogens with zero attached hydrogens (tertiary/aromatic N) is 2. The minimum atomic E-state index is -0.335. The van der Waals surface area contributed by atoms with Crippen molar-refractivity contribution < 1.29 is 15.0 Å². The fourth-order valence-electron chi connectivity index (χ4n) is 1.49. The highest BCUT2D eigenvalue weighted by Crippen LogP contribution is 2.13. The molecule has 1 heterocycles. The second kappa shape index (κ2) is 6.17. The third-order valence-electron chi connectivity index (χ3n) is 2.33. The van der Waals surface area contributed by atoms with Crippen molar-refractivity contribution in [2.75, 3.05) is 32.0 Å². The maximum atomic E-state index is 12.0. The lowest BCUT2D eigenvalue weighted by Crippen LogP contribution is -2.36. The van der Waals surface area contributed by atoms with Gasteiger partial charge >= 0.3 is 0 Å². The van der Waals surface area contributed by atoms with Gasteiger partial charge < -0.3 is 20.8 Å². The van der Waals surface area contributed by atoms with Crippen molar-refractivity contribution in [3.8, 4) is 0 Å². The SMILES string of the molecule is Cc1cc(N)c(C(=O)N(CCO)CCO)cn1. The highest BCUT2D eigenvalue weighted by molar-refractivity contribution is 5.98. The Morgan fingerprint density at radius 1 is 1.41 bits per heavy atom. The Hall–Kier alpha value is -1.66. The number of rotatable bonds is 5. The van der Waals surface area contributed by atoms with Gasteiger partial charge in [-0.1, -0.05) is 0 Å². The fourth-order valence-corrected chi connectivity index (χ4v) is 1.49. The van der Waals surface area contributed by atoms with Gasteiger partial charge in [-0.15, -0.1) is 0 Å². The lowest BCUT2D eigenvalue weighted by molar-refractivity contribution is 0.0685. The zero-order valence-corrected chi connectivity index (χ0v) is 9.76. The number of carbonyl (C=O) groups excluding carboxylic acids is 1. The smallest absolute Gasteiger partial charge is 0.257 e. The normalized spacial score (nSPS) is 10.3. The second-order valence-corrected chi connectivity index (χ2v) is 3.65. The van der Waals surface area contributed by atoms with E-state index in [4.69, 9.17) is 15.9 Å². The van der Waals surface area contributed by atoms with Crippen LogP contribution < -0.4 is 5.73 Å². The van der Waals surface area contributed by atoms with E-state index >= 15 is 0 Å².